The predicted octanol–water partition coefficient (Wildman–Crippen LogP) is 1.36. The Labute approximate surface area is 120 Å². The average molecular weight is 312 g/mol. The van der Waals surface area contributed by atoms with Crippen LogP contribution in [0.1, 0.15) is 10.4 Å². The number of amides is 1. The molecule has 20 heavy (non-hydrogen) atoms. The van der Waals surface area contributed by atoms with Crippen LogP contribution < -0.4 is 10.3 Å². The van der Waals surface area contributed by atoms with Crippen molar-refractivity contribution in [1.29, 1.82) is 0 Å². The maximum atomic E-state index is 11.9. The van der Waals surface area contributed by atoms with Gasteiger partial charge >= 0.3 is 0 Å². The first-order valence-electron chi connectivity index (χ1n) is 5.48. The predicted molar refractivity (Wildman–Crippen MR) is 73.5 cm³/mol. The van der Waals surface area contributed by atoms with Gasteiger partial charge in [-0.1, -0.05) is 29.8 Å². The standard InChI is InChI=1S/C12H10ClN3O3S/c13-11-10(7-4-8-14-11)12(17)15-16-20(18,19)9-5-2-1-3-6-9/h1-8,16H,(H,15,17). The zero-order valence-corrected chi connectivity index (χ0v) is 11.6. The molecule has 1 aromatic carbocycles. The van der Waals surface area contributed by atoms with E-state index in [1.165, 1.54) is 30.5 Å². The molecule has 0 atom stereocenters. The van der Waals surface area contributed by atoms with Gasteiger partial charge in [0.25, 0.3) is 15.9 Å². The first-order chi connectivity index (χ1) is 9.50. The molecule has 1 aromatic heterocycles. The van der Waals surface area contributed by atoms with Gasteiger partial charge < -0.3 is 0 Å². The molecule has 6 nitrogen and oxygen atoms in total. The molecule has 2 N–H and O–H groups in total. The molecule has 0 saturated carbocycles. The van der Waals surface area contributed by atoms with Crippen molar-refractivity contribution in [3.63, 3.8) is 0 Å². The Morgan fingerprint density at radius 2 is 1.80 bits per heavy atom. The Hall–Kier alpha value is -1.96. The third kappa shape index (κ3) is 3.32. The van der Waals surface area contributed by atoms with Gasteiger partial charge in [-0.25, -0.2) is 13.4 Å². The largest absolute Gasteiger partial charge is 0.273 e. The molecule has 8 heteroatoms. The Morgan fingerprint density at radius 3 is 2.45 bits per heavy atom. The van der Waals surface area contributed by atoms with E-state index in [1.54, 1.807) is 18.2 Å². The second-order valence-electron chi connectivity index (χ2n) is 3.71. The fraction of sp³-hybridized carbons (Fsp3) is 0. The maximum absolute atomic E-state index is 11.9. The quantitative estimate of drug-likeness (QED) is 0.659. The van der Waals surface area contributed by atoms with Gasteiger partial charge in [0.15, 0.2) is 0 Å². The lowest BCUT2D eigenvalue weighted by Gasteiger charge is -2.08. The molecule has 2 aromatic rings. The van der Waals surface area contributed by atoms with Gasteiger partial charge in [-0.15, -0.1) is 4.83 Å². The number of carbonyl (C=O) groups excluding carboxylic acids is 1. The topological polar surface area (TPSA) is 88.2 Å². The molecule has 0 aliphatic heterocycles. The van der Waals surface area contributed by atoms with Crippen LogP contribution in [0.15, 0.2) is 53.6 Å². The molecule has 0 spiro atoms. The van der Waals surface area contributed by atoms with E-state index in [4.69, 9.17) is 11.6 Å². The van der Waals surface area contributed by atoms with E-state index in [1.807, 2.05) is 4.83 Å². The Morgan fingerprint density at radius 1 is 1.10 bits per heavy atom. The Bertz CT molecular complexity index is 720. The molecule has 2 rings (SSSR count). The van der Waals surface area contributed by atoms with Crippen LogP contribution in [0.5, 0.6) is 0 Å². The van der Waals surface area contributed by atoms with Crippen molar-refractivity contribution >= 4 is 27.5 Å². The molecule has 0 radical (unpaired) electrons. The summed E-state index contributed by atoms with van der Waals surface area (Å²) in [6, 6.07) is 10.6. The van der Waals surface area contributed by atoms with Crippen molar-refractivity contribution in [3.05, 3.63) is 59.4 Å². The number of aromatic nitrogens is 1. The van der Waals surface area contributed by atoms with Crippen molar-refractivity contribution in [3.8, 4) is 0 Å². The zero-order chi connectivity index (χ0) is 14.6. The summed E-state index contributed by atoms with van der Waals surface area (Å²) in [7, 11) is -3.82. The number of benzene rings is 1. The summed E-state index contributed by atoms with van der Waals surface area (Å²) in [5.41, 5.74) is 2.15. The molecular weight excluding hydrogens is 302 g/mol. The average Bonchev–Trinajstić information content (AvgIpc) is 2.46. The van der Waals surface area contributed by atoms with E-state index in [-0.39, 0.29) is 15.6 Å². The van der Waals surface area contributed by atoms with Crippen molar-refractivity contribution in [1.82, 2.24) is 15.2 Å². The van der Waals surface area contributed by atoms with E-state index in [0.717, 1.165) is 0 Å². The number of pyridine rings is 1. The van der Waals surface area contributed by atoms with Crippen LogP contribution in [-0.4, -0.2) is 19.3 Å². The molecule has 0 bridgehead atoms. The molecule has 0 unspecified atom stereocenters. The zero-order valence-electron chi connectivity index (χ0n) is 10.1. The number of sulfonamides is 1. The van der Waals surface area contributed by atoms with Gasteiger partial charge in [0.1, 0.15) is 5.15 Å². The smallest absolute Gasteiger partial charge is 0.269 e. The van der Waals surface area contributed by atoms with E-state index in [0.29, 0.717) is 0 Å². The number of rotatable bonds is 4. The first kappa shape index (κ1) is 14.4. The van der Waals surface area contributed by atoms with E-state index >= 15 is 0 Å². The lowest BCUT2D eigenvalue weighted by molar-refractivity contribution is 0.0945. The van der Waals surface area contributed by atoms with Crippen LogP contribution in [0.3, 0.4) is 0 Å². The Balaban J connectivity index is 2.10. The van der Waals surface area contributed by atoms with Crippen LogP contribution in [0.25, 0.3) is 0 Å². The summed E-state index contributed by atoms with van der Waals surface area (Å²) in [6.07, 6.45) is 1.42. The minimum absolute atomic E-state index is 0.0103. The fourth-order valence-electron chi connectivity index (χ4n) is 1.39. The summed E-state index contributed by atoms with van der Waals surface area (Å²) in [5, 5.41) is -0.0103. The molecule has 0 saturated heterocycles. The van der Waals surface area contributed by atoms with Crippen LogP contribution in [-0.2, 0) is 10.0 Å². The first-order valence-corrected chi connectivity index (χ1v) is 7.34. The summed E-state index contributed by atoms with van der Waals surface area (Å²) >= 11 is 5.74. The van der Waals surface area contributed by atoms with Crippen LogP contribution in [0.2, 0.25) is 5.15 Å². The van der Waals surface area contributed by atoms with E-state index in [9.17, 15) is 13.2 Å². The van der Waals surface area contributed by atoms with E-state index < -0.39 is 15.9 Å². The molecule has 1 heterocycles. The highest BCUT2D eigenvalue weighted by Gasteiger charge is 2.16. The third-order valence-corrected chi connectivity index (χ3v) is 3.92. The van der Waals surface area contributed by atoms with Gasteiger partial charge in [0, 0.05) is 6.20 Å². The number of nitrogens with one attached hydrogen (secondary N) is 2. The second-order valence-corrected chi connectivity index (χ2v) is 5.75. The van der Waals surface area contributed by atoms with Crippen molar-refractivity contribution < 1.29 is 13.2 Å². The lowest BCUT2D eigenvalue weighted by Crippen LogP contribution is -2.41. The third-order valence-electron chi connectivity index (χ3n) is 2.36. The second kappa shape index (κ2) is 6.00. The van der Waals surface area contributed by atoms with Crippen LogP contribution >= 0.6 is 11.6 Å². The number of nitrogens with zero attached hydrogens (tertiary/aromatic N) is 1. The molecule has 1 amide bonds. The fourth-order valence-corrected chi connectivity index (χ4v) is 2.46. The molecule has 0 aliphatic carbocycles. The molecule has 0 aliphatic rings. The van der Waals surface area contributed by atoms with Crippen LogP contribution in [0.4, 0.5) is 0 Å². The minimum atomic E-state index is -3.82. The van der Waals surface area contributed by atoms with Crippen LogP contribution in [0, 0.1) is 0 Å². The van der Waals surface area contributed by atoms with Crippen molar-refractivity contribution in [2.75, 3.05) is 0 Å². The summed E-state index contributed by atoms with van der Waals surface area (Å²) in [5.74, 6) is -0.692. The summed E-state index contributed by atoms with van der Waals surface area (Å²) in [6.45, 7) is 0. The number of carbonyl (C=O) groups is 1. The van der Waals surface area contributed by atoms with Gasteiger partial charge in [-0.05, 0) is 24.3 Å². The highest BCUT2D eigenvalue weighted by atomic mass is 35.5. The van der Waals surface area contributed by atoms with Gasteiger partial charge in [0.2, 0.25) is 0 Å². The highest BCUT2D eigenvalue weighted by Crippen LogP contribution is 2.11. The van der Waals surface area contributed by atoms with Crippen molar-refractivity contribution in [2.45, 2.75) is 4.90 Å². The normalized spacial score (nSPS) is 11.1. The Kier molecular flexibility index (Phi) is 4.33. The summed E-state index contributed by atoms with van der Waals surface area (Å²) in [4.78, 5) is 17.5. The highest BCUT2D eigenvalue weighted by molar-refractivity contribution is 7.89. The number of hydrogen-bond acceptors (Lipinski definition) is 4. The monoisotopic (exact) mass is 311 g/mol. The van der Waals surface area contributed by atoms with Gasteiger partial charge in [0.05, 0.1) is 10.5 Å². The summed E-state index contributed by atoms with van der Waals surface area (Å²) < 4.78 is 23.8. The molecule has 0 fully saturated rings. The van der Waals surface area contributed by atoms with Gasteiger partial charge in [-0.2, -0.15) is 0 Å². The van der Waals surface area contributed by atoms with E-state index in [2.05, 4.69) is 10.4 Å². The molecule has 104 valence electrons. The molecular formula is C12H10ClN3O3S. The number of hydrazine groups is 1. The maximum Gasteiger partial charge on any atom is 0.269 e. The van der Waals surface area contributed by atoms with Gasteiger partial charge in [-0.3, -0.25) is 10.2 Å². The SMILES string of the molecule is O=C(NNS(=O)(=O)c1ccccc1)c1cccnc1Cl. The minimum Gasteiger partial charge on any atom is -0.273 e. The number of hydrogen-bond donors (Lipinski definition) is 2. The van der Waals surface area contributed by atoms with Crippen molar-refractivity contribution in [2.24, 2.45) is 0 Å². The number of halogens is 1. The lowest BCUT2D eigenvalue weighted by atomic mass is 10.3.